The van der Waals surface area contributed by atoms with Crippen LogP contribution in [0.4, 0.5) is 0 Å². The predicted molar refractivity (Wildman–Crippen MR) is 79.8 cm³/mol. The number of carbonyl (C=O) groups is 1. The molecule has 21 heavy (non-hydrogen) atoms. The number of aromatic nitrogens is 3. The van der Waals surface area contributed by atoms with Gasteiger partial charge in [-0.1, -0.05) is 0 Å². The Morgan fingerprint density at radius 3 is 3.14 bits per heavy atom. The van der Waals surface area contributed by atoms with Crippen molar-refractivity contribution in [1.82, 2.24) is 24.8 Å². The first-order chi connectivity index (χ1) is 10.1. The molecule has 0 aliphatic carbocycles. The summed E-state index contributed by atoms with van der Waals surface area (Å²) in [4.78, 5) is 17.9. The monoisotopic (exact) mass is 287 g/mol. The van der Waals surface area contributed by atoms with Crippen molar-refractivity contribution in [3.05, 3.63) is 29.7 Å². The van der Waals surface area contributed by atoms with E-state index in [4.69, 9.17) is 0 Å². The molecule has 1 aliphatic heterocycles. The third-order valence-electron chi connectivity index (χ3n) is 4.19. The molecule has 1 atom stereocenters. The van der Waals surface area contributed by atoms with Gasteiger partial charge in [0.05, 0.1) is 5.69 Å². The van der Waals surface area contributed by atoms with Crippen LogP contribution in [0.15, 0.2) is 18.5 Å². The molecule has 0 aromatic carbocycles. The van der Waals surface area contributed by atoms with Crippen LogP contribution in [0.25, 0.3) is 5.65 Å². The minimum Gasteiger partial charge on any atom is -0.346 e. The largest absolute Gasteiger partial charge is 0.346 e. The molecule has 112 valence electrons. The Balaban J connectivity index is 1.60. The first kappa shape index (κ1) is 14.0. The second kappa shape index (κ2) is 5.81. The lowest BCUT2D eigenvalue weighted by molar-refractivity contribution is -0.133. The predicted octanol–water partition coefficient (Wildman–Crippen LogP) is 0.996. The van der Waals surface area contributed by atoms with E-state index in [1.807, 2.05) is 35.6 Å². The molecule has 0 spiro atoms. The molecule has 3 heterocycles. The third-order valence-corrected chi connectivity index (χ3v) is 4.19. The van der Waals surface area contributed by atoms with Gasteiger partial charge in [-0.2, -0.15) is 5.10 Å². The Labute approximate surface area is 124 Å². The van der Waals surface area contributed by atoms with Gasteiger partial charge < -0.3 is 10.2 Å². The van der Waals surface area contributed by atoms with Gasteiger partial charge in [0.1, 0.15) is 0 Å². The zero-order chi connectivity index (χ0) is 14.8. The van der Waals surface area contributed by atoms with Crippen LogP contribution >= 0.6 is 0 Å². The number of aryl methyl sites for hydroxylation is 1. The average Bonchev–Trinajstić information content (AvgIpc) is 2.79. The van der Waals surface area contributed by atoms with E-state index in [0.717, 1.165) is 43.0 Å². The second-order valence-corrected chi connectivity index (χ2v) is 5.76. The fourth-order valence-electron chi connectivity index (χ4n) is 2.83. The molecule has 6 nitrogen and oxygen atoms in total. The summed E-state index contributed by atoms with van der Waals surface area (Å²) in [7, 11) is 1.88. The van der Waals surface area contributed by atoms with Crippen LogP contribution < -0.4 is 5.32 Å². The summed E-state index contributed by atoms with van der Waals surface area (Å²) in [5, 5.41) is 7.92. The van der Waals surface area contributed by atoms with Crippen LogP contribution in [0, 0.1) is 12.8 Å². The molecular formula is C15H21N5O. The molecule has 1 N–H and O–H groups in total. The molecule has 1 saturated heterocycles. The van der Waals surface area contributed by atoms with Crippen molar-refractivity contribution < 1.29 is 4.79 Å². The van der Waals surface area contributed by atoms with Crippen LogP contribution in [0.1, 0.15) is 24.1 Å². The number of rotatable bonds is 4. The van der Waals surface area contributed by atoms with E-state index in [9.17, 15) is 4.79 Å². The van der Waals surface area contributed by atoms with E-state index in [1.165, 1.54) is 0 Å². The first-order valence-electron chi connectivity index (χ1n) is 7.38. The van der Waals surface area contributed by atoms with Crippen molar-refractivity contribution in [1.29, 1.82) is 0 Å². The molecule has 0 unspecified atom stereocenters. The quantitative estimate of drug-likeness (QED) is 0.911. The highest BCUT2D eigenvalue weighted by Crippen LogP contribution is 2.17. The Morgan fingerprint density at radius 2 is 2.33 bits per heavy atom. The van der Waals surface area contributed by atoms with Crippen LogP contribution in [-0.4, -0.2) is 45.5 Å². The highest BCUT2D eigenvalue weighted by molar-refractivity contribution is 5.76. The fraction of sp³-hybridized carbons (Fsp3) is 0.533. The van der Waals surface area contributed by atoms with E-state index in [-0.39, 0.29) is 5.91 Å². The lowest BCUT2D eigenvalue weighted by atomic mass is 9.96. The van der Waals surface area contributed by atoms with Crippen LogP contribution in [-0.2, 0) is 11.3 Å². The average molecular weight is 287 g/mol. The molecule has 1 aliphatic rings. The summed E-state index contributed by atoms with van der Waals surface area (Å²) >= 11 is 0. The Kier molecular flexibility index (Phi) is 3.88. The summed E-state index contributed by atoms with van der Waals surface area (Å²) in [6, 6.07) is 1.88. The standard InChI is InChI=1S/C15H21N5O/c1-11-13(15-17-5-3-6-20(15)18-11)10-16-9-12-4-7-19(2)14(21)8-12/h3,5-6,12,16H,4,7-10H2,1-2H3/t12-/m0/s1. The van der Waals surface area contributed by atoms with E-state index in [0.29, 0.717) is 12.3 Å². The first-order valence-corrected chi connectivity index (χ1v) is 7.38. The van der Waals surface area contributed by atoms with E-state index >= 15 is 0 Å². The Hall–Kier alpha value is -1.95. The van der Waals surface area contributed by atoms with Crippen molar-refractivity contribution in [3.63, 3.8) is 0 Å². The van der Waals surface area contributed by atoms with Gasteiger partial charge >= 0.3 is 0 Å². The van der Waals surface area contributed by atoms with Gasteiger partial charge in [-0.15, -0.1) is 0 Å². The lowest BCUT2D eigenvalue weighted by Crippen LogP contribution is -2.38. The number of carbonyl (C=O) groups excluding carboxylic acids is 1. The summed E-state index contributed by atoms with van der Waals surface area (Å²) in [5.41, 5.74) is 3.04. The molecule has 0 saturated carbocycles. The van der Waals surface area contributed by atoms with Crippen molar-refractivity contribution in [2.45, 2.75) is 26.3 Å². The minimum absolute atomic E-state index is 0.252. The number of piperidine rings is 1. The maximum atomic E-state index is 11.7. The van der Waals surface area contributed by atoms with Gasteiger partial charge in [0.15, 0.2) is 5.65 Å². The normalized spacial score (nSPS) is 19.4. The molecular weight excluding hydrogens is 266 g/mol. The number of hydrogen-bond donors (Lipinski definition) is 1. The number of nitrogens with zero attached hydrogens (tertiary/aromatic N) is 4. The van der Waals surface area contributed by atoms with Gasteiger partial charge in [-0.25, -0.2) is 9.50 Å². The Bertz CT molecular complexity index is 651. The van der Waals surface area contributed by atoms with Crippen LogP contribution in [0.5, 0.6) is 0 Å². The van der Waals surface area contributed by atoms with Crippen molar-refractivity contribution in [2.24, 2.45) is 5.92 Å². The zero-order valence-corrected chi connectivity index (χ0v) is 12.5. The molecule has 2 aromatic heterocycles. The highest BCUT2D eigenvalue weighted by Gasteiger charge is 2.22. The number of likely N-dealkylation sites (tertiary alicyclic amines) is 1. The summed E-state index contributed by atoms with van der Waals surface area (Å²) in [6.07, 6.45) is 5.42. The molecule has 3 rings (SSSR count). The van der Waals surface area contributed by atoms with Crippen LogP contribution in [0.3, 0.4) is 0 Å². The van der Waals surface area contributed by atoms with Crippen molar-refractivity contribution in [3.8, 4) is 0 Å². The minimum atomic E-state index is 0.252. The Morgan fingerprint density at radius 1 is 1.48 bits per heavy atom. The van der Waals surface area contributed by atoms with Gasteiger partial charge in [0, 0.05) is 44.5 Å². The smallest absolute Gasteiger partial charge is 0.222 e. The molecule has 1 fully saturated rings. The van der Waals surface area contributed by atoms with Gasteiger partial charge in [0.2, 0.25) is 5.91 Å². The van der Waals surface area contributed by atoms with E-state index < -0.39 is 0 Å². The maximum Gasteiger partial charge on any atom is 0.222 e. The summed E-state index contributed by atoms with van der Waals surface area (Å²) < 4.78 is 1.81. The maximum absolute atomic E-state index is 11.7. The van der Waals surface area contributed by atoms with Crippen molar-refractivity contribution in [2.75, 3.05) is 20.1 Å². The van der Waals surface area contributed by atoms with E-state index in [2.05, 4.69) is 15.4 Å². The SMILES string of the molecule is Cc1nn2cccnc2c1CNC[C@H]1CCN(C)C(=O)C1. The molecule has 0 bridgehead atoms. The fourth-order valence-corrected chi connectivity index (χ4v) is 2.83. The number of hydrogen-bond acceptors (Lipinski definition) is 4. The zero-order valence-electron chi connectivity index (χ0n) is 12.5. The van der Waals surface area contributed by atoms with Gasteiger partial charge in [-0.05, 0) is 31.9 Å². The van der Waals surface area contributed by atoms with E-state index in [1.54, 1.807) is 6.20 Å². The summed E-state index contributed by atoms with van der Waals surface area (Å²) in [5.74, 6) is 0.686. The molecule has 1 amide bonds. The van der Waals surface area contributed by atoms with Crippen LogP contribution in [0.2, 0.25) is 0 Å². The number of nitrogens with one attached hydrogen (secondary N) is 1. The van der Waals surface area contributed by atoms with Crippen molar-refractivity contribution >= 4 is 11.6 Å². The molecule has 0 radical (unpaired) electrons. The lowest BCUT2D eigenvalue weighted by Gasteiger charge is -2.28. The topological polar surface area (TPSA) is 62.5 Å². The van der Waals surface area contributed by atoms with Gasteiger partial charge in [-0.3, -0.25) is 4.79 Å². The third kappa shape index (κ3) is 2.90. The highest BCUT2D eigenvalue weighted by atomic mass is 16.2. The number of fused-ring (bicyclic) bond motifs is 1. The molecule has 2 aromatic rings. The van der Waals surface area contributed by atoms with Gasteiger partial charge in [0.25, 0.3) is 0 Å². The molecule has 6 heteroatoms. The number of amides is 1. The second-order valence-electron chi connectivity index (χ2n) is 5.76. The summed E-state index contributed by atoms with van der Waals surface area (Å²) in [6.45, 7) is 4.48.